The minimum Gasteiger partial charge on any atom is -0.488 e. The molecule has 0 aromatic heterocycles. The predicted molar refractivity (Wildman–Crippen MR) is 73.9 cm³/mol. The highest BCUT2D eigenvalue weighted by Crippen LogP contribution is 2.17. The Morgan fingerprint density at radius 3 is 2.71 bits per heavy atom. The highest BCUT2D eigenvalue weighted by atomic mass is 19.1. The minimum atomic E-state index is -0.781. The van der Waals surface area contributed by atoms with E-state index < -0.39 is 11.6 Å². The van der Waals surface area contributed by atoms with Crippen LogP contribution in [-0.4, -0.2) is 38.3 Å². The number of benzene rings is 1. The van der Waals surface area contributed by atoms with Crippen LogP contribution in [0.15, 0.2) is 18.2 Å². The molecular weight excluding hydrogens is 282 g/mol. The van der Waals surface area contributed by atoms with Crippen molar-refractivity contribution >= 4 is 5.91 Å². The average Bonchev–Trinajstić information content (AvgIpc) is 2.43. The predicted octanol–water partition coefficient (Wildman–Crippen LogP) is 1.21. The van der Waals surface area contributed by atoms with Gasteiger partial charge in [0.05, 0.1) is 18.6 Å². The lowest BCUT2D eigenvalue weighted by Crippen LogP contribution is -2.39. The number of nitrogens with one attached hydrogen (secondary N) is 1. The Morgan fingerprint density at radius 1 is 1.43 bits per heavy atom. The molecule has 1 aromatic carbocycles. The van der Waals surface area contributed by atoms with Gasteiger partial charge in [-0.05, 0) is 19.1 Å². The van der Waals surface area contributed by atoms with Crippen LogP contribution in [0.4, 0.5) is 8.78 Å². The molecule has 0 saturated heterocycles. The lowest BCUT2D eigenvalue weighted by Gasteiger charge is -2.17. The number of hydrogen-bond donors (Lipinski definition) is 2. The zero-order valence-electron chi connectivity index (χ0n) is 12.1. The van der Waals surface area contributed by atoms with Crippen molar-refractivity contribution in [1.29, 1.82) is 0 Å². The van der Waals surface area contributed by atoms with Crippen LogP contribution in [0.1, 0.15) is 13.3 Å². The van der Waals surface area contributed by atoms with Crippen LogP contribution >= 0.6 is 0 Å². The molecule has 0 aliphatic heterocycles. The van der Waals surface area contributed by atoms with E-state index in [-0.39, 0.29) is 43.4 Å². The SMILES string of the molecule is COC(CN)CC(=O)NC(C)COc1ccc(F)cc1F. The van der Waals surface area contributed by atoms with Crippen molar-refractivity contribution in [3.63, 3.8) is 0 Å². The molecule has 0 bridgehead atoms. The molecule has 1 amide bonds. The Morgan fingerprint density at radius 2 is 2.14 bits per heavy atom. The molecule has 0 saturated carbocycles. The molecule has 1 rings (SSSR count). The summed E-state index contributed by atoms with van der Waals surface area (Å²) in [7, 11) is 1.48. The van der Waals surface area contributed by atoms with Crippen LogP contribution in [0.3, 0.4) is 0 Å². The number of carbonyl (C=O) groups excluding carboxylic acids is 1. The number of ether oxygens (including phenoxy) is 2. The maximum atomic E-state index is 13.3. The third kappa shape index (κ3) is 6.05. The Hall–Kier alpha value is -1.73. The number of hydrogen-bond acceptors (Lipinski definition) is 4. The summed E-state index contributed by atoms with van der Waals surface area (Å²) in [5.41, 5.74) is 5.42. The van der Waals surface area contributed by atoms with E-state index in [4.69, 9.17) is 15.2 Å². The lowest BCUT2D eigenvalue weighted by atomic mass is 10.2. The standard InChI is InChI=1S/C14H20F2N2O3/c1-9(18-14(19)6-11(7-17)20-2)8-21-13-4-3-10(15)5-12(13)16/h3-5,9,11H,6-8,17H2,1-2H3,(H,18,19). The molecule has 21 heavy (non-hydrogen) atoms. The molecule has 2 unspecified atom stereocenters. The molecule has 0 spiro atoms. The first-order chi connectivity index (χ1) is 9.96. The summed E-state index contributed by atoms with van der Waals surface area (Å²) in [6.45, 7) is 2.02. The number of rotatable bonds is 8. The average molecular weight is 302 g/mol. The number of methoxy groups -OCH3 is 1. The van der Waals surface area contributed by atoms with Gasteiger partial charge in [0.15, 0.2) is 11.6 Å². The van der Waals surface area contributed by atoms with Crippen molar-refractivity contribution in [2.45, 2.75) is 25.5 Å². The molecule has 5 nitrogen and oxygen atoms in total. The van der Waals surface area contributed by atoms with Gasteiger partial charge < -0.3 is 20.5 Å². The van der Waals surface area contributed by atoms with Crippen LogP contribution in [0, 0.1) is 11.6 Å². The molecule has 2 atom stereocenters. The Bertz CT molecular complexity index is 468. The van der Waals surface area contributed by atoms with E-state index in [1.165, 1.54) is 13.2 Å². The van der Waals surface area contributed by atoms with Crippen molar-refractivity contribution in [3.8, 4) is 5.75 Å². The normalized spacial score (nSPS) is 13.6. The summed E-state index contributed by atoms with van der Waals surface area (Å²) in [6.07, 6.45) is -0.199. The van der Waals surface area contributed by atoms with Crippen molar-refractivity contribution in [2.75, 3.05) is 20.3 Å². The molecule has 0 fully saturated rings. The zero-order valence-corrected chi connectivity index (χ0v) is 12.1. The first-order valence-corrected chi connectivity index (χ1v) is 6.56. The Balaban J connectivity index is 2.40. The second-order valence-corrected chi connectivity index (χ2v) is 4.65. The second-order valence-electron chi connectivity index (χ2n) is 4.65. The van der Waals surface area contributed by atoms with E-state index >= 15 is 0 Å². The fourth-order valence-corrected chi connectivity index (χ4v) is 1.65. The molecule has 3 N–H and O–H groups in total. The number of halogens is 2. The highest BCUT2D eigenvalue weighted by Gasteiger charge is 2.14. The molecule has 118 valence electrons. The quantitative estimate of drug-likeness (QED) is 0.757. The Kier molecular flexibility index (Phi) is 7.04. The highest BCUT2D eigenvalue weighted by molar-refractivity contribution is 5.76. The first kappa shape index (κ1) is 17.3. The van der Waals surface area contributed by atoms with Crippen LogP contribution in [0.2, 0.25) is 0 Å². The second kappa shape index (κ2) is 8.53. The summed E-state index contributed by atoms with van der Waals surface area (Å²) < 4.78 is 36.3. The molecule has 0 heterocycles. The van der Waals surface area contributed by atoms with E-state index in [2.05, 4.69) is 5.32 Å². The number of carbonyl (C=O) groups is 1. The summed E-state index contributed by atoms with van der Waals surface area (Å²) in [6, 6.07) is 2.71. The topological polar surface area (TPSA) is 73.6 Å². The smallest absolute Gasteiger partial charge is 0.222 e. The first-order valence-electron chi connectivity index (χ1n) is 6.56. The number of amides is 1. The summed E-state index contributed by atoms with van der Waals surface area (Å²) in [4.78, 5) is 11.7. The zero-order chi connectivity index (χ0) is 15.8. The van der Waals surface area contributed by atoms with Crippen LogP contribution < -0.4 is 15.8 Å². The van der Waals surface area contributed by atoms with Gasteiger partial charge in [0.25, 0.3) is 0 Å². The fourth-order valence-electron chi connectivity index (χ4n) is 1.65. The van der Waals surface area contributed by atoms with Gasteiger partial charge in [-0.3, -0.25) is 4.79 Å². The van der Waals surface area contributed by atoms with Crippen LogP contribution in [0.25, 0.3) is 0 Å². The Labute approximate surface area is 122 Å². The summed E-state index contributed by atoms with van der Waals surface area (Å²) in [5, 5.41) is 2.68. The van der Waals surface area contributed by atoms with Crippen molar-refractivity contribution < 1.29 is 23.0 Å². The van der Waals surface area contributed by atoms with Gasteiger partial charge in [-0.15, -0.1) is 0 Å². The third-order valence-electron chi connectivity index (χ3n) is 2.80. The van der Waals surface area contributed by atoms with E-state index in [1.54, 1.807) is 6.92 Å². The van der Waals surface area contributed by atoms with Gasteiger partial charge >= 0.3 is 0 Å². The number of nitrogens with two attached hydrogens (primary N) is 1. The van der Waals surface area contributed by atoms with Gasteiger partial charge in [0.1, 0.15) is 12.4 Å². The summed E-state index contributed by atoms with van der Waals surface area (Å²) in [5.74, 6) is -1.75. The molecule has 1 aromatic rings. The maximum Gasteiger partial charge on any atom is 0.222 e. The van der Waals surface area contributed by atoms with Gasteiger partial charge in [0.2, 0.25) is 5.91 Å². The largest absolute Gasteiger partial charge is 0.488 e. The van der Waals surface area contributed by atoms with Crippen LogP contribution in [0.5, 0.6) is 5.75 Å². The molecule has 0 aliphatic rings. The van der Waals surface area contributed by atoms with Crippen LogP contribution in [-0.2, 0) is 9.53 Å². The van der Waals surface area contributed by atoms with E-state index in [9.17, 15) is 13.6 Å². The molecular formula is C14H20F2N2O3. The van der Waals surface area contributed by atoms with Gasteiger partial charge in [-0.1, -0.05) is 0 Å². The lowest BCUT2D eigenvalue weighted by molar-refractivity contribution is -0.124. The molecule has 7 heteroatoms. The molecule has 0 radical (unpaired) electrons. The fraction of sp³-hybridized carbons (Fsp3) is 0.500. The minimum absolute atomic E-state index is 0.0609. The van der Waals surface area contributed by atoms with Crippen molar-refractivity contribution in [1.82, 2.24) is 5.32 Å². The third-order valence-corrected chi connectivity index (χ3v) is 2.80. The van der Waals surface area contributed by atoms with E-state index in [1.807, 2.05) is 0 Å². The molecule has 0 aliphatic carbocycles. The summed E-state index contributed by atoms with van der Waals surface area (Å²) >= 11 is 0. The van der Waals surface area contributed by atoms with E-state index in [0.717, 1.165) is 12.1 Å². The van der Waals surface area contributed by atoms with Gasteiger partial charge in [0, 0.05) is 19.7 Å². The van der Waals surface area contributed by atoms with Gasteiger partial charge in [-0.25, -0.2) is 8.78 Å². The van der Waals surface area contributed by atoms with Crippen molar-refractivity contribution in [3.05, 3.63) is 29.8 Å². The van der Waals surface area contributed by atoms with Crippen molar-refractivity contribution in [2.24, 2.45) is 5.73 Å². The van der Waals surface area contributed by atoms with Gasteiger partial charge in [-0.2, -0.15) is 0 Å². The maximum absolute atomic E-state index is 13.3. The van der Waals surface area contributed by atoms with E-state index in [0.29, 0.717) is 0 Å². The monoisotopic (exact) mass is 302 g/mol.